The van der Waals surface area contributed by atoms with Gasteiger partial charge in [-0.25, -0.2) is 0 Å². The van der Waals surface area contributed by atoms with E-state index in [9.17, 15) is 4.79 Å². The van der Waals surface area contributed by atoms with E-state index in [1.165, 1.54) is 6.42 Å². The van der Waals surface area contributed by atoms with Crippen LogP contribution >= 0.6 is 0 Å². The number of hydrogen-bond acceptors (Lipinski definition) is 4. The highest BCUT2D eigenvalue weighted by atomic mass is 16.5. The summed E-state index contributed by atoms with van der Waals surface area (Å²) in [6.07, 6.45) is 3.20. The SMILES string of the molecule is CCOC(=O)C1CCCCN1CCOC. The monoisotopic (exact) mass is 215 g/mol. The zero-order chi connectivity index (χ0) is 11.1. The predicted molar refractivity (Wildman–Crippen MR) is 57.7 cm³/mol. The fourth-order valence-electron chi connectivity index (χ4n) is 1.97. The molecule has 4 nitrogen and oxygen atoms in total. The maximum atomic E-state index is 11.7. The molecule has 1 aliphatic rings. The van der Waals surface area contributed by atoms with Gasteiger partial charge in [-0.05, 0) is 26.3 Å². The first-order chi connectivity index (χ1) is 7.29. The topological polar surface area (TPSA) is 38.8 Å². The first kappa shape index (κ1) is 12.5. The van der Waals surface area contributed by atoms with Crippen molar-refractivity contribution in [1.29, 1.82) is 0 Å². The molecule has 15 heavy (non-hydrogen) atoms. The first-order valence-corrected chi connectivity index (χ1v) is 5.69. The molecule has 0 amide bonds. The van der Waals surface area contributed by atoms with Gasteiger partial charge in [-0.1, -0.05) is 6.42 Å². The van der Waals surface area contributed by atoms with Gasteiger partial charge in [0.25, 0.3) is 0 Å². The molecular formula is C11H21NO3. The Kier molecular flexibility index (Phi) is 5.65. The van der Waals surface area contributed by atoms with Crippen LogP contribution in [0.1, 0.15) is 26.2 Å². The quantitative estimate of drug-likeness (QED) is 0.643. The summed E-state index contributed by atoms with van der Waals surface area (Å²) in [7, 11) is 1.68. The molecule has 1 atom stereocenters. The summed E-state index contributed by atoms with van der Waals surface area (Å²) in [5.74, 6) is -0.0756. The molecule has 0 spiro atoms. The summed E-state index contributed by atoms with van der Waals surface area (Å²) in [5, 5.41) is 0. The lowest BCUT2D eigenvalue weighted by molar-refractivity contribution is -0.151. The normalized spacial score (nSPS) is 22.7. The summed E-state index contributed by atoms with van der Waals surface area (Å²) in [6, 6.07) is -0.0474. The number of esters is 1. The zero-order valence-corrected chi connectivity index (χ0v) is 9.70. The maximum absolute atomic E-state index is 11.7. The maximum Gasteiger partial charge on any atom is 0.323 e. The van der Waals surface area contributed by atoms with E-state index in [2.05, 4.69) is 4.90 Å². The Morgan fingerprint density at radius 1 is 1.47 bits per heavy atom. The number of carbonyl (C=O) groups is 1. The van der Waals surface area contributed by atoms with E-state index in [1.807, 2.05) is 6.92 Å². The van der Waals surface area contributed by atoms with Crippen molar-refractivity contribution in [2.75, 3.05) is 33.4 Å². The van der Waals surface area contributed by atoms with Crippen LogP contribution in [0.2, 0.25) is 0 Å². The molecule has 0 N–H and O–H groups in total. The fraction of sp³-hybridized carbons (Fsp3) is 0.909. The lowest BCUT2D eigenvalue weighted by Gasteiger charge is -2.33. The van der Waals surface area contributed by atoms with Crippen LogP contribution in [0.5, 0.6) is 0 Å². The number of rotatable bonds is 5. The molecule has 0 aromatic heterocycles. The molecule has 4 heteroatoms. The average molecular weight is 215 g/mol. The van der Waals surface area contributed by atoms with Crippen molar-refractivity contribution in [2.24, 2.45) is 0 Å². The van der Waals surface area contributed by atoms with Gasteiger partial charge in [0.15, 0.2) is 0 Å². The fourth-order valence-corrected chi connectivity index (χ4v) is 1.97. The molecule has 1 fully saturated rings. The Morgan fingerprint density at radius 3 is 2.93 bits per heavy atom. The second-order valence-corrected chi connectivity index (χ2v) is 3.79. The molecule has 0 saturated carbocycles. The Morgan fingerprint density at radius 2 is 2.27 bits per heavy atom. The Labute approximate surface area is 91.5 Å². The Hall–Kier alpha value is -0.610. The Bertz CT molecular complexity index is 196. The number of likely N-dealkylation sites (tertiary alicyclic amines) is 1. The van der Waals surface area contributed by atoms with Crippen LogP contribution in [0.15, 0.2) is 0 Å². The smallest absolute Gasteiger partial charge is 0.323 e. The molecule has 88 valence electrons. The van der Waals surface area contributed by atoms with Crippen LogP contribution < -0.4 is 0 Å². The second-order valence-electron chi connectivity index (χ2n) is 3.79. The third kappa shape index (κ3) is 3.80. The van der Waals surface area contributed by atoms with Crippen LogP contribution in [-0.2, 0) is 14.3 Å². The van der Waals surface area contributed by atoms with Crippen LogP contribution in [0, 0.1) is 0 Å². The minimum atomic E-state index is -0.0756. The van der Waals surface area contributed by atoms with Crippen molar-refractivity contribution in [3.8, 4) is 0 Å². The van der Waals surface area contributed by atoms with Gasteiger partial charge in [0.1, 0.15) is 6.04 Å². The van der Waals surface area contributed by atoms with E-state index in [0.717, 1.165) is 25.9 Å². The van der Waals surface area contributed by atoms with Crippen LogP contribution in [0.3, 0.4) is 0 Å². The summed E-state index contributed by atoms with van der Waals surface area (Å²) in [4.78, 5) is 13.8. The highest BCUT2D eigenvalue weighted by molar-refractivity contribution is 5.75. The van der Waals surface area contributed by atoms with E-state index in [4.69, 9.17) is 9.47 Å². The minimum absolute atomic E-state index is 0.0474. The lowest BCUT2D eigenvalue weighted by atomic mass is 10.0. The largest absolute Gasteiger partial charge is 0.465 e. The van der Waals surface area contributed by atoms with Crippen molar-refractivity contribution in [3.05, 3.63) is 0 Å². The molecule has 1 rings (SSSR count). The number of carbonyl (C=O) groups excluding carboxylic acids is 1. The van der Waals surface area contributed by atoms with Gasteiger partial charge in [0.05, 0.1) is 13.2 Å². The van der Waals surface area contributed by atoms with E-state index in [0.29, 0.717) is 13.2 Å². The van der Waals surface area contributed by atoms with Gasteiger partial charge >= 0.3 is 5.97 Å². The molecule has 0 radical (unpaired) electrons. The third-order valence-corrected chi connectivity index (χ3v) is 2.75. The van der Waals surface area contributed by atoms with Gasteiger partial charge in [-0.2, -0.15) is 0 Å². The summed E-state index contributed by atoms with van der Waals surface area (Å²) in [6.45, 7) is 4.79. The zero-order valence-electron chi connectivity index (χ0n) is 9.70. The van der Waals surface area contributed by atoms with E-state index in [-0.39, 0.29) is 12.0 Å². The second kappa shape index (κ2) is 6.80. The van der Waals surface area contributed by atoms with Crippen molar-refractivity contribution < 1.29 is 14.3 Å². The molecule has 1 unspecified atom stereocenters. The van der Waals surface area contributed by atoms with Gasteiger partial charge in [0.2, 0.25) is 0 Å². The van der Waals surface area contributed by atoms with Crippen molar-refractivity contribution in [3.63, 3.8) is 0 Å². The van der Waals surface area contributed by atoms with Crippen LogP contribution in [-0.4, -0.2) is 50.3 Å². The predicted octanol–water partition coefficient (Wildman–Crippen LogP) is 1.05. The summed E-state index contributed by atoms with van der Waals surface area (Å²) >= 11 is 0. The van der Waals surface area contributed by atoms with Crippen molar-refractivity contribution in [2.45, 2.75) is 32.2 Å². The third-order valence-electron chi connectivity index (χ3n) is 2.75. The highest BCUT2D eigenvalue weighted by Crippen LogP contribution is 2.17. The summed E-state index contributed by atoms with van der Waals surface area (Å²) in [5.41, 5.74) is 0. The average Bonchev–Trinajstić information content (AvgIpc) is 2.27. The molecule has 0 aromatic carbocycles. The van der Waals surface area contributed by atoms with Gasteiger partial charge in [-0.15, -0.1) is 0 Å². The number of piperidine rings is 1. The highest BCUT2D eigenvalue weighted by Gasteiger charge is 2.29. The van der Waals surface area contributed by atoms with E-state index in [1.54, 1.807) is 7.11 Å². The molecule has 1 saturated heterocycles. The summed E-state index contributed by atoms with van der Waals surface area (Å²) < 4.78 is 10.1. The first-order valence-electron chi connectivity index (χ1n) is 5.69. The van der Waals surface area contributed by atoms with Gasteiger partial charge in [-0.3, -0.25) is 9.69 Å². The van der Waals surface area contributed by atoms with E-state index >= 15 is 0 Å². The number of nitrogens with zero attached hydrogens (tertiary/aromatic N) is 1. The Balaban J connectivity index is 2.45. The van der Waals surface area contributed by atoms with Crippen LogP contribution in [0.4, 0.5) is 0 Å². The van der Waals surface area contributed by atoms with Gasteiger partial charge < -0.3 is 9.47 Å². The lowest BCUT2D eigenvalue weighted by Crippen LogP contribution is -2.46. The van der Waals surface area contributed by atoms with Crippen molar-refractivity contribution in [1.82, 2.24) is 4.90 Å². The molecule has 0 aliphatic carbocycles. The molecule has 0 bridgehead atoms. The molecule has 0 aromatic rings. The number of ether oxygens (including phenoxy) is 2. The molecule has 1 heterocycles. The van der Waals surface area contributed by atoms with Crippen LogP contribution in [0.25, 0.3) is 0 Å². The minimum Gasteiger partial charge on any atom is -0.465 e. The molecule has 1 aliphatic heterocycles. The molecular weight excluding hydrogens is 194 g/mol. The number of methoxy groups -OCH3 is 1. The van der Waals surface area contributed by atoms with E-state index < -0.39 is 0 Å². The van der Waals surface area contributed by atoms with Gasteiger partial charge in [0, 0.05) is 13.7 Å². The van der Waals surface area contributed by atoms with Crippen molar-refractivity contribution >= 4 is 5.97 Å². The number of hydrogen-bond donors (Lipinski definition) is 0. The standard InChI is InChI=1S/C11H21NO3/c1-3-15-11(13)10-6-4-5-7-12(10)8-9-14-2/h10H,3-9H2,1-2H3.